The second-order valence-corrected chi connectivity index (χ2v) is 5.74. The lowest BCUT2D eigenvalue weighted by Crippen LogP contribution is -2.18. The number of amides is 1. The van der Waals surface area contributed by atoms with Gasteiger partial charge in [-0.1, -0.05) is 17.7 Å². The fraction of sp³-hybridized carbons (Fsp3) is 0.273. The molecule has 0 aliphatic heterocycles. The summed E-state index contributed by atoms with van der Waals surface area (Å²) >= 11 is 5.72. The molecule has 0 aromatic heterocycles. The van der Waals surface area contributed by atoms with Crippen LogP contribution in [0.3, 0.4) is 0 Å². The molecule has 1 rings (SSSR count). The Balaban J connectivity index is 3.31. The summed E-state index contributed by atoms with van der Waals surface area (Å²) in [5.74, 6) is -1.05. The van der Waals surface area contributed by atoms with Gasteiger partial charge in [0.25, 0.3) is 10.1 Å². The van der Waals surface area contributed by atoms with E-state index in [0.29, 0.717) is 5.56 Å². The van der Waals surface area contributed by atoms with Crippen molar-refractivity contribution in [3.8, 4) is 0 Å². The lowest BCUT2D eigenvalue weighted by molar-refractivity contribution is -0.124. The molecule has 8 heteroatoms. The van der Waals surface area contributed by atoms with Gasteiger partial charge in [0.05, 0.1) is 17.1 Å². The number of hydrogen-bond acceptors (Lipinski definition) is 4. The van der Waals surface area contributed by atoms with Crippen LogP contribution in [0.25, 0.3) is 0 Å². The number of aryl methyl sites for hydroxylation is 1. The number of carbonyl (C=O) groups excluding carboxylic acids is 2. The zero-order valence-electron chi connectivity index (χ0n) is 10.2. The standard InChI is InChI=1S/C11H12ClNO5S/c1-6-3-4-8(12)11(19(16,17)18)10(6)13-9(15)5-7(2)14/h3-4H,5H2,1-2H3,(H,13,15)(H,16,17,18). The molecule has 1 aromatic rings. The third-order valence-corrected chi connectivity index (χ3v) is 3.62. The maximum Gasteiger partial charge on any atom is 0.298 e. The van der Waals surface area contributed by atoms with Gasteiger partial charge < -0.3 is 5.32 Å². The van der Waals surface area contributed by atoms with Gasteiger partial charge >= 0.3 is 0 Å². The van der Waals surface area contributed by atoms with Crippen LogP contribution in [0.1, 0.15) is 18.9 Å². The van der Waals surface area contributed by atoms with Crippen molar-refractivity contribution in [2.45, 2.75) is 25.2 Å². The zero-order valence-corrected chi connectivity index (χ0v) is 11.8. The Morgan fingerprint density at radius 3 is 2.42 bits per heavy atom. The van der Waals surface area contributed by atoms with E-state index >= 15 is 0 Å². The van der Waals surface area contributed by atoms with Gasteiger partial charge in [0.2, 0.25) is 5.91 Å². The van der Waals surface area contributed by atoms with Gasteiger partial charge in [-0.25, -0.2) is 0 Å². The predicted octanol–water partition coefficient (Wildman–Crippen LogP) is 1.81. The minimum absolute atomic E-state index is 0.124. The Morgan fingerprint density at radius 2 is 1.95 bits per heavy atom. The number of carbonyl (C=O) groups is 2. The van der Waals surface area contributed by atoms with Crippen LogP contribution in [0.2, 0.25) is 5.02 Å². The van der Waals surface area contributed by atoms with E-state index in [9.17, 15) is 18.0 Å². The average molecular weight is 306 g/mol. The maximum atomic E-state index is 11.5. The smallest absolute Gasteiger partial charge is 0.298 e. The van der Waals surface area contributed by atoms with Crippen molar-refractivity contribution in [3.63, 3.8) is 0 Å². The number of anilines is 1. The van der Waals surface area contributed by atoms with Crippen LogP contribution in [0.15, 0.2) is 17.0 Å². The minimum atomic E-state index is -4.59. The van der Waals surface area contributed by atoms with Gasteiger partial charge in [0, 0.05) is 0 Å². The normalized spacial score (nSPS) is 11.2. The summed E-state index contributed by atoms with van der Waals surface area (Å²) in [6, 6.07) is 2.78. The van der Waals surface area contributed by atoms with E-state index in [4.69, 9.17) is 16.2 Å². The number of rotatable bonds is 4. The second kappa shape index (κ2) is 5.68. The predicted molar refractivity (Wildman–Crippen MR) is 69.9 cm³/mol. The van der Waals surface area contributed by atoms with Gasteiger partial charge in [-0.05, 0) is 25.5 Å². The summed E-state index contributed by atoms with van der Waals surface area (Å²) in [6.07, 6.45) is -0.392. The molecule has 1 aromatic carbocycles. The van der Waals surface area contributed by atoms with Crippen LogP contribution in [0.4, 0.5) is 5.69 Å². The van der Waals surface area contributed by atoms with Gasteiger partial charge in [-0.3, -0.25) is 14.1 Å². The fourth-order valence-electron chi connectivity index (χ4n) is 1.47. The molecule has 1 amide bonds. The van der Waals surface area contributed by atoms with Crippen LogP contribution < -0.4 is 5.32 Å². The van der Waals surface area contributed by atoms with Gasteiger partial charge in [0.1, 0.15) is 10.7 Å². The van der Waals surface area contributed by atoms with Gasteiger partial charge in [-0.15, -0.1) is 0 Å². The molecule has 0 radical (unpaired) electrons. The molecule has 0 spiro atoms. The number of benzene rings is 1. The summed E-state index contributed by atoms with van der Waals surface area (Å²) < 4.78 is 31.7. The quantitative estimate of drug-likeness (QED) is 0.652. The summed E-state index contributed by atoms with van der Waals surface area (Å²) in [4.78, 5) is 21.8. The maximum absolute atomic E-state index is 11.5. The highest BCUT2D eigenvalue weighted by Gasteiger charge is 2.23. The minimum Gasteiger partial charge on any atom is -0.324 e. The van der Waals surface area contributed by atoms with Crippen molar-refractivity contribution in [2.24, 2.45) is 0 Å². The first-order valence-electron chi connectivity index (χ1n) is 5.19. The average Bonchev–Trinajstić information content (AvgIpc) is 2.20. The monoisotopic (exact) mass is 305 g/mol. The van der Waals surface area contributed by atoms with Crippen LogP contribution in [0.5, 0.6) is 0 Å². The summed E-state index contributed by atoms with van der Waals surface area (Å²) in [7, 11) is -4.59. The van der Waals surface area contributed by atoms with Gasteiger partial charge in [-0.2, -0.15) is 8.42 Å². The Morgan fingerprint density at radius 1 is 1.37 bits per heavy atom. The highest BCUT2D eigenvalue weighted by Crippen LogP contribution is 2.32. The molecule has 0 aliphatic carbocycles. The lowest BCUT2D eigenvalue weighted by atomic mass is 10.2. The first-order chi connectivity index (χ1) is 8.62. The van der Waals surface area contributed by atoms with E-state index in [2.05, 4.69) is 5.32 Å². The van der Waals surface area contributed by atoms with E-state index in [1.54, 1.807) is 0 Å². The molecule has 19 heavy (non-hydrogen) atoms. The van der Waals surface area contributed by atoms with Gasteiger partial charge in [0.15, 0.2) is 0 Å². The van der Waals surface area contributed by atoms with Crippen LogP contribution >= 0.6 is 11.6 Å². The molecule has 0 aliphatic rings. The largest absolute Gasteiger partial charge is 0.324 e. The van der Waals surface area contributed by atoms with Crippen molar-refractivity contribution in [1.82, 2.24) is 0 Å². The Bertz CT molecular complexity index is 639. The van der Waals surface area contributed by atoms with E-state index < -0.39 is 27.3 Å². The van der Waals surface area contributed by atoms with E-state index in [1.165, 1.54) is 26.0 Å². The number of ketones is 1. The molecular formula is C11H12ClNO5S. The zero-order chi connectivity index (χ0) is 14.8. The molecule has 0 unspecified atom stereocenters. The first-order valence-corrected chi connectivity index (χ1v) is 7.00. The Hall–Kier alpha value is -1.44. The number of nitrogens with one attached hydrogen (secondary N) is 1. The van der Waals surface area contributed by atoms with Crippen molar-refractivity contribution >= 4 is 39.1 Å². The van der Waals surface area contributed by atoms with E-state index in [1.807, 2.05) is 0 Å². The van der Waals surface area contributed by atoms with Crippen LogP contribution in [0, 0.1) is 6.92 Å². The molecule has 0 saturated heterocycles. The van der Waals surface area contributed by atoms with Crippen molar-refractivity contribution in [2.75, 3.05) is 5.32 Å². The molecule has 0 bridgehead atoms. The van der Waals surface area contributed by atoms with Crippen LogP contribution in [-0.2, 0) is 19.7 Å². The number of halogens is 1. The molecule has 0 heterocycles. The summed E-state index contributed by atoms with van der Waals surface area (Å²) in [5.41, 5.74) is 0.273. The molecule has 0 fully saturated rings. The lowest BCUT2D eigenvalue weighted by Gasteiger charge is -2.13. The van der Waals surface area contributed by atoms with E-state index in [0.717, 1.165) is 0 Å². The van der Waals surface area contributed by atoms with E-state index in [-0.39, 0.29) is 16.5 Å². The Labute approximate surface area is 115 Å². The molecule has 0 saturated carbocycles. The highest BCUT2D eigenvalue weighted by molar-refractivity contribution is 7.86. The summed E-state index contributed by atoms with van der Waals surface area (Å²) in [5, 5.41) is 2.06. The van der Waals surface area contributed by atoms with Crippen molar-refractivity contribution < 1.29 is 22.6 Å². The first kappa shape index (κ1) is 15.6. The molecule has 2 N–H and O–H groups in total. The molecule has 6 nitrogen and oxygen atoms in total. The number of hydrogen-bond donors (Lipinski definition) is 2. The topological polar surface area (TPSA) is 101 Å². The van der Waals surface area contributed by atoms with Crippen molar-refractivity contribution in [3.05, 3.63) is 22.7 Å². The highest BCUT2D eigenvalue weighted by atomic mass is 35.5. The third kappa shape index (κ3) is 4.02. The Kier molecular flexibility index (Phi) is 4.67. The van der Waals surface area contributed by atoms with Crippen LogP contribution in [-0.4, -0.2) is 24.7 Å². The molecule has 0 atom stereocenters. The second-order valence-electron chi connectivity index (χ2n) is 3.97. The molecular weight excluding hydrogens is 294 g/mol. The number of Topliss-reactive ketones (excluding diaryl/α,β-unsaturated/α-hetero) is 1. The van der Waals surface area contributed by atoms with Crippen molar-refractivity contribution in [1.29, 1.82) is 0 Å². The third-order valence-electron chi connectivity index (χ3n) is 2.25. The SMILES string of the molecule is CC(=O)CC(=O)Nc1c(C)ccc(Cl)c1S(=O)(=O)O. The molecule has 104 valence electrons. The summed E-state index contributed by atoms with van der Waals surface area (Å²) in [6.45, 7) is 2.77. The fourth-order valence-corrected chi connectivity index (χ4v) is 2.71.